The van der Waals surface area contributed by atoms with Crippen LogP contribution in [0.4, 0.5) is 0 Å². The Morgan fingerprint density at radius 1 is 1.24 bits per heavy atom. The van der Waals surface area contributed by atoms with E-state index in [0.29, 0.717) is 13.2 Å². The molecule has 0 N–H and O–H groups in total. The van der Waals surface area contributed by atoms with Crippen molar-refractivity contribution in [2.45, 2.75) is 13.8 Å². The van der Waals surface area contributed by atoms with Crippen molar-refractivity contribution in [3.63, 3.8) is 0 Å². The fourth-order valence-corrected chi connectivity index (χ4v) is 4.72. The number of nitrogens with zero attached hydrogens (tertiary/aromatic N) is 2. The Labute approximate surface area is 146 Å². The highest BCUT2D eigenvalue weighted by Gasteiger charge is 2.25. The largest absolute Gasteiger partial charge is 0.402 e. The summed E-state index contributed by atoms with van der Waals surface area (Å²) in [6, 6.07) is 0. The summed E-state index contributed by atoms with van der Waals surface area (Å²) < 4.78 is 19.1. The zero-order chi connectivity index (χ0) is 13.1. The van der Waals surface area contributed by atoms with Crippen LogP contribution in [0.25, 0.3) is 0 Å². The third kappa shape index (κ3) is 4.67. The quantitative estimate of drug-likeness (QED) is 0.364. The van der Waals surface area contributed by atoms with Gasteiger partial charge in [0.15, 0.2) is 3.70 Å². The Morgan fingerprint density at radius 2 is 1.76 bits per heavy atom. The summed E-state index contributed by atoms with van der Waals surface area (Å²) in [5.41, 5.74) is 0. The lowest BCUT2D eigenvalue weighted by Gasteiger charge is -2.20. The second-order valence-corrected chi connectivity index (χ2v) is 8.67. The van der Waals surface area contributed by atoms with Gasteiger partial charge in [0, 0.05) is 11.8 Å². The first-order valence-corrected chi connectivity index (χ1v) is 10.4. The minimum Gasteiger partial charge on any atom is -0.314 e. The Bertz CT molecular complexity index is 432. The van der Waals surface area contributed by atoms with E-state index in [0.717, 1.165) is 11.0 Å². The highest BCUT2D eigenvalue weighted by Crippen LogP contribution is 2.46. The summed E-state index contributed by atoms with van der Waals surface area (Å²) in [5, 5.41) is 4.23. The monoisotopic (exact) mass is 614 g/mol. The molecule has 10 heteroatoms. The second kappa shape index (κ2) is 7.53. The normalized spacial score (nSPS) is 11.8. The lowest BCUT2D eigenvalue weighted by Crippen LogP contribution is -2.15. The van der Waals surface area contributed by atoms with Crippen LogP contribution >= 0.6 is 74.5 Å². The third-order valence-electron chi connectivity index (χ3n) is 1.46. The topological polar surface area (TPSA) is 45.5 Å². The molecule has 1 aromatic rings. The first-order chi connectivity index (χ1) is 7.93. The fourth-order valence-electron chi connectivity index (χ4n) is 0.886. The van der Waals surface area contributed by atoms with Crippen LogP contribution in [0.1, 0.15) is 13.8 Å². The van der Waals surface area contributed by atoms with Gasteiger partial charge in [-0.15, -0.1) is 5.10 Å². The van der Waals surface area contributed by atoms with Gasteiger partial charge in [0.05, 0.1) is 16.8 Å². The van der Waals surface area contributed by atoms with E-state index in [2.05, 4.69) is 72.9 Å². The summed E-state index contributed by atoms with van der Waals surface area (Å²) in [4.78, 5) is 1.39. The number of aromatic nitrogens is 2. The van der Waals surface area contributed by atoms with Gasteiger partial charge in [0.2, 0.25) is 0 Å². The van der Waals surface area contributed by atoms with Crippen LogP contribution in [0.2, 0.25) is 0 Å². The lowest BCUT2D eigenvalue weighted by atomic mass is 10.8. The van der Waals surface area contributed by atoms with Gasteiger partial charge in [-0.25, -0.2) is 0 Å². The van der Waals surface area contributed by atoms with Gasteiger partial charge in [-0.2, -0.15) is 0 Å². The summed E-state index contributed by atoms with van der Waals surface area (Å²) >= 11 is 11.8. The van der Waals surface area contributed by atoms with Crippen molar-refractivity contribution >= 4 is 86.3 Å². The maximum atomic E-state index is 5.59. The molecule has 0 bridgehead atoms. The van der Waals surface area contributed by atoms with Gasteiger partial charge in [0.1, 0.15) is 3.70 Å². The molecular weight excluding hydrogens is 604 g/mol. The van der Waals surface area contributed by atoms with E-state index >= 15 is 0 Å². The van der Waals surface area contributed by atoms with Gasteiger partial charge in [-0.3, -0.25) is 9.05 Å². The van der Waals surface area contributed by atoms with E-state index < -0.39 is 6.72 Å². The predicted molar refractivity (Wildman–Crippen MR) is 94.5 cm³/mol. The molecule has 0 saturated carbocycles. The number of halogens is 3. The van der Waals surface area contributed by atoms with Crippen molar-refractivity contribution in [1.82, 2.24) is 9.94 Å². The second-order valence-electron chi connectivity index (χ2n) is 2.63. The molecule has 1 heterocycles. The first kappa shape index (κ1) is 16.8. The molecule has 1 rings (SSSR count). The molecular formula is C7H10I3N2O3PS. The molecule has 0 atom stereocenters. The van der Waals surface area contributed by atoms with Crippen LogP contribution in [0.15, 0.2) is 0 Å². The van der Waals surface area contributed by atoms with Gasteiger partial charge in [-0.1, -0.05) is 4.85 Å². The van der Waals surface area contributed by atoms with Crippen molar-refractivity contribution in [2.75, 3.05) is 13.2 Å². The highest BCUT2D eigenvalue weighted by molar-refractivity contribution is 14.1. The predicted octanol–water partition coefficient (Wildman–Crippen LogP) is 3.42. The summed E-state index contributed by atoms with van der Waals surface area (Å²) in [6.07, 6.45) is 0. The molecule has 98 valence electrons. The van der Waals surface area contributed by atoms with Gasteiger partial charge in [-0.05, 0) is 81.6 Å². The molecule has 0 amide bonds. The molecule has 5 nitrogen and oxygen atoms in total. The van der Waals surface area contributed by atoms with E-state index in [9.17, 15) is 0 Å². The molecule has 0 aliphatic heterocycles. The van der Waals surface area contributed by atoms with Crippen LogP contribution < -0.4 is 4.62 Å². The van der Waals surface area contributed by atoms with E-state index in [-0.39, 0.29) is 0 Å². The van der Waals surface area contributed by atoms with Gasteiger partial charge in [0.25, 0.3) is 0 Å². The molecule has 0 aliphatic rings. The van der Waals surface area contributed by atoms with Gasteiger partial charge >= 0.3 is 6.72 Å². The van der Waals surface area contributed by atoms with Crippen LogP contribution in [0.5, 0.6) is 0 Å². The number of hydrogen-bond donors (Lipinski definition) is 0. The molecule has 0 radical (unpaired) electrons. The van der Waals surface area contributed by atoms with E-state index in [1.165, 1.54) is 4.85 Å². The van der Waals surface area contributed by atoms with Crippen molar-refractivity contribution in [3.8, 4) is 0 Å². The average Bonchev–Trinajstić information content (AvgIpc) is 2.47. The highest BCUT2D eigenvalue weighted by atomic mass is 127. The molecule has 0 fully saturated rings. The summed E-state index contributed by atoms with van der Waals surface area (Å²) in [5.74, 6) is 0. The molecule has 17 heavy (non-hydrogen) atoms. The third-order valence-corrected chi connectivity index (χ3v) is 8.59. The summed E-state index contributed by atoms with van der Waals surface area (Å²) in [7, 11) is 0. The fraction of sp³-hybridized carbons (Fsp3) is 0.571. The maximum Gasteiger partial charge on any atom is 0.402 e. The Balaban J connectivity index is 2.93. The van der Waals surface area contributed by atoms with E-state index in [1.54, 1.807) is 0 Å². The Kier molecular flexibility index (Phi) is 7.45. The van der Waals surface area contributed by atoms with Crippen LogP contribution in [-0.4, -0.2) is 23.2 Å². The SMILES string of the molecule is CCOP(=S)(OCC)On1nc(I)c(I)c1I. The molecule has 1 aromatic heterocycles. The zero-order valence-electron chi connectivity index (χ0n) is 9.02. The van der Waals surface area contributed by atoms with Crippen molar-refractivity contribution in [2.24, 2.45) is 0 Å². The zero-order valence-corrected chi connectivity index (χ0v) is 17.2. The molecule has 0 aromatic carbocycles. The van der Waals surface area contributed by atoms with E-state index in [4.69, 9.17) is 25.5 Å². The van der Waals surface area contributed by atoms with Gasteiger partial charge < -0.3 is 4.62 Å². The van der Waals surface area contributed by atoms with Crippen molar-refractivity contribution < 1.29 is 13.7 Å². The van der Waals surface area contributed by atoms with Crippen molar-refractivity contribution in [1.29, 1.82) is 0 Å². The number of rotatable bonds is 6. The van der Waals surface area contributed by atoms with Crippen LogP contribution in [0, 0.1) is 11.0 Å². The standard InChI is InChI=1S/C7H10I3N2O3PS/c1-3-13-16(17,14-4-2)15-12-7(10)5(8)6(9)11-12/h3-4H2,1-2H3. The van der Waals surface area contributed by atoms with E-state index in [1.807, 2.05) is 13.8 Å². The molecule has 0 spiro atoms. The van der Waals surface area contributed by atoms with Crippen LogP contribution in [-0.2, 0) is 20.9 Å². The maximum absolute atomic E-state index is 5.59. The number of hydrogen-bond acceptors (Lipinski definition) is 5. The first-order valence-electron chi connectivity index (χ1n) is 4.62. The molecule has 0 saturated heterocycles. The van der Waals surface area contributed by atoms with Crippen LogP contribution in [0.3, 0.4) is 0 Å². The van der Waals surface area contributed by atoms with Crippen molar-refractivity contribution in [3.05, 3.63) is 11.0 Å². The molecule has 0 aliphatic carbocycles. The minimum atomic E-state index is -2.75. The Morgan fingerprint density at radius 3 is 2.12 bits per heavy atom. The average molecular weight is 614 g/mol. The minimum absolute atomic E-state index is 0.448. The Hall–Kier alpha value is 1.77. The smallest absolute Gasteiger partial charge is 0.314 e. The molecule has 0 unspecified atom stereocenters. The lowest BCUT2D eigenvalue weighted by molar-refractivity contribution is 0.134. The summed E-state index contributed by atoms with van der Waals surface area (Å²) in [6.45, 7) is 1.85.